The fraction of sp³-hybridized carbons (Fsp3) is 0.833. The minimum Gasteiger partial charge on any atom is -0.483 e. The first-order valence-corrected chi connectivity index (χ1v) is 2.99. The topological polar surface area (TPSA) is 37.3 Å². The molecule has 2 heteroatoms. The van der Waals surface area contributed by atoms with E-state index in [1.807, 2.05) is 0 Å². The van der Waals surface area contributed by atoms with Crippen molar-refractivity contribution in [3.8, 4) is 0 Å². The van der Waals surface area contributed by atoms with E-state index >= 15 is 0 Å². The third-order valence-corrected chi connectivity index (χ3v) is 1.25. The van der Waals surface area contributed by atoms with Crippen LogP contribution in [0.15, 0.2) is 0 Å². The van der Waals surface area contributed by atoms with Crippen LogP contribution in [0.5, 0.6) is 0 Å². The highest BCUT2D eigenvalue weighted by Gasteiger charge is 1.95. The summed E-state index contributed by atoms with van der Waals surface area (Å²) in [7, 11) is 0. The van der Waals surface area contributed by atoms with Crippen LogP contribution < -0.4 is 0 Å². The molecular weight excluding hydrogens is 104 g/mol. The molecule has 0 aromatic carbocycles. The molecule has 8 heavy (non-hydrogen) atoms. The summed E-state index contributed by atoms with van der Waals surface area (Å²) in [5, 5.41) is 6.89. The maximum atomic E-state index is 8.36. The van der Waals surface area contributed by atoms with Gasteiger partial charge in [0.1, 0.15) is 0 Å². The normalized spacial score (nSPS) is 16.5. The van der Waals surface area contributed by atoms with Gasteiger partial charge in [0.05, 0.1) is 0 Å². The Bertz CT molecular complexity index is 40.9. The summed E-state index contributed by atoms with van der Waals surface area (Å²) in [6, 6.07) is 0. The first-order chi connectivity index (χ1) is 3.91. The predicted molar refractivity (Wildman–Crippen MR) is 31.8 cm³/mol. The van der Waals surface area contributed by atoms with Gasteiger partial charge in [0.2, 0.25) is 0 Å². The molecule has 0 aromatic heterocycles. The average Bonchev–Trinajstić information content (AvgIpc) is 2.17. The number of carbonyl (C=O) groups is 1. The molecule has 0 radical (unpaired) electrons. The zero-order chi connectivity index (χ0) is 6.24. The van der Waals surface area contributed by atoms with Gasteiger partial charge in [-0.05, 0) is 0 Å². The minimum atomic E-state index is -0.250. The molecule has 0 aromatic rings. The van der Waals surface area contributed by atoms with Gasteiger partial charge in [-0.25, -0.2) is 0 Å². The number of hydrogen-bond acceptors (Lipinski definition) is 1. The van der Waals surface area contributed by atoms with Gasteiger partial charge in [-0.2, -0.15) is 0 Å². The Hall–Kier alpha value is -0.530. The van der Waals surface area contributed by atoms with Gasteiger partial charge in [0, 0.05) is 0 Å². The largest absolute Gasteiger partial charge is 0.483 e. The maximum absolute atomic E-state index is 8.36. The molecule has 0 heterocycles. The second kappa shape index (κ2) is 6.47. The highest BCUT2D eigenvalue weighted by atomic mass is 16.3. The van der Waals surface area contributed by atoms with E-state index in [2.05, 4.69) is 0 Å². The molecule has 48 valence electrons. The minimum absolute atomic E-state index is 0.250. The summed E-state index contributed by atoms with van der Waals surface area (Å²) in [6.07, 6.45) is 7.50. The van der Waals surface area contributed by atoms with Gasteiger partial charge >= 0.3 is 0 Å². The molecule has 1 rings (SSSR count). The first kappa shape index (κ1) is 7.47. The molecule has 0 saturated heterocycles. The second-order valence-corrected chi connectivity index (χ2v) is 1.87. The van der Waals surface area contributed by atoms with E-state index in [-0.39, 0.29) is 6.47 Å². The zero-order valence-electron chi connectivity index (χ0n) is 4.97. The van der Waals surface area contributed by atoms with Crippen LogP contribution in [-0.4, -0.2) is 11.6 Å². The van der Waals surface area contributed by atoms with Crippen LogP contribution in [-0.2, 0) is 4.79 Å². The standard InChI is InChI=1S/C5H10.CH2O2/c1-2-4-5-3-1;2-1-3/h1-5H2;1H,(H,2,3). The van der Waals surface area contributed by atoms with E-state index in [1.54, 1.807) is 0 Å². The Morgan fingerprint density at radius 2 is 1.12 bits per heavy atom. The molecule has 0 atom stereocenters. The summed E-state index contributed by atoms with van der Waals surface area (Å²) in [5.74, 6) is 0. The van der Waals surface area contributed by atoms with Crippen molar-refractivity contribution >= 4 is 6.47 Å². The van der Waals surface area contributed by atoms with Crippen LogP contribution in [0.25, 0.3) is 0 Å². The lowest BCUT2D eigenvalue weighted by Crippen LogP contribution is -1.49. The number of hydrogen-bond donors (Lipinski definition) is 1. The molecule has 1 saturated carbocycles. The molecule has 0 amide bonds. The van der Waals surface area contributed by atoms with Crippen LogP contribution in [0.4, 0.5) is 0 Å². The van der Waals surface area contributed by atoms with Crippen LogP contribution in [0.1, 0.15) is 32.1 Å². The van der Waals surface area contributed by atoms with Gasteiger partial charge in [-0.15, -0.1) is 0 Å². The van der Waals surface area contributed by atoms with E-state index in [4.69, 9.17) is 9.90 Å². The molecule has 0 unspecified atom stereocenters. The van der Waals surface area contributed by atoms with Crippen LogP contribution in [0.3, 0.4) is 0 Å². The van der Waals surface area contributed by atoms with Gasteiger partial charge in [0.15, 0.2) is 0 Å². The van der Waals surface area contributed by atoms with E-state index in [0.717, 1.165) is 0 Å². The Kier molecular flexibility index (Phi) is 6.04. The highest BCUT2D eigenvalue weighted by Crippen LogP contribution is 2.15. The number of carboxylic acid groups (broad SMARTS) is 1. The molecule has 1 aliphatic carbocycles. The lowest BCUT2D eigenvalue weighted by molar-refractivity contribution is -0.122. The lowest BCUT2D eigenvalue weighted by atomic mass is 10.4. The average molecular weight is 116 g/mol. The van der Waals surface area contributed by atoms with Crippen molar-refractivity contribution in [1.29, 1.82) is 0 Å². The van der Waals surface area contributed by atoms with Crippen molar-refractivity contribution in [1.82, 2.24) is 0 Å². The third-order valence-electron chi connectivity index (χ3n) is 1.25. The summed E-state index contributed by atoms with van der Waals surface area (Å²) >= 11 is 0. The molecule has 1 aliphatic rings. The first-order valence-electron chi connectivity index (χ1n) is 2.99. The summed E-state index contributed by atoms with van der Waals surface area (Å²) < 4.78 is 0. The summed E-state index contributed by atoms with van der Waals surface area (Å²) in [5.41, 5.74) is 0. The SMILES string of the molecule is C1CCCC1.O=CO. The Balaban J connectivity index is 0.000000145. The van der Waals surface area contributed by atoms with E-state index in [0.29, 0.717) is 0 Å². The van der Waals surface area contributed by atoms with Gasteiger partial charge < -0.3 is 5.11 Å². The Morgan fingerprint density at radius 3 is 1.25 bits per heavy atom. The molecular formula is C6H12O2. The highest BCUT2D eigenvalue weighted by molar-refractivity contribution is 5.32. The molecule has 0 aliphatic heterocycles. The van der Waals surface area contributed by atoms with Crippen molar-refractivity contribution in [3.63, 3.8) is 0 Å². The molecule has 0 bridgehead atoms. The van der Waals surface area contributed by atoms with Gasteiger partial charge in [0.25, 0.3) is 6.47 Å². The third kappa shape index (κ3) is 5.47. The van der Waals surface area contributed by atoms with Crippen molar-refractivity contribution < 1.29 is 9.90 Å². The fourth-order valence-electron chi connectivity index (χ4n) is 0.884. The van der Waals surface area contributed by atoms with Crippen LogP contribution in [0.2, 0.25) is 0 Å². The van der Waals surface area contributed by atoms with Crippen LogP contribution >= 0.6 is 0 Å². The summed E-state index contributed by atoms with van der Waals surface area (Å²) in [4.78, 5) is 8.36. The molecule has 2 nitrogen and oxygen atoms in total. The fourth-order valence-corrected chi connectivity index (χ4v) is 0.884. The molecule has 1 fully saturated rings. The van der Waals surface area contributed by atoms with Crippen molar-refractivity contribution in [2.45, 2.75) is 32.1 Å². The van der Waals surface area contributed by atoms with E-state index < -0.39 is 0 Å². The van der Waals surface area contributed by atoms with Gasteiger partial charge in [-0.3, -0.25) is 4.79 Å². The zero-order valence-corrected chi connectivity index (χ0v) is 4.97. The second-order valence-electron chi connectivity index (χ2n) is 1.87. The molecule has 1 N–H and O–H groups in total. The molecule has 0 spiro atoms. The van der Waals surface area contributed by atoms with Gasteiger partial charge in [-0.1, -0.05) is 32.1 Å². The number of rotatable bonds is 0. The maximum Gasteiger partial charge on any atom is 0.290 e. The smallest absolute Gasteiger partial charge is 0.290 e. The van der Waals surface area contributed by atoms with Crippen molar-refractivity contribution in [2.75, 3.05) is 0 Å². The predicted octanol–water partition coefficient (Wildman–Crippen LogP) is 1.65. The van der Waals surface area contributed by atoms with Crippen molar-refractivity contribution in [3.05, 3.63) is 0 Å². The van der Waals surface area contributed by atoms with E-state index in [1.165, 1.54) is 32.1 Å². The Morgan fingerprint density at radius 1 is 1.00 bits per heavy atom. The quantitative estimate of drug-likeness (QED) is 0.488. The monoisotopic (exact) mass is 116 g/mol. The summed E-state index contributed by atoms with van der Waals surface area (Å²) in [6.45, 7) is -0.250. The lowest BCUT2D eigenvalue weighted by Gasteiger charge is -1.67. The van der Waals surface area contributed by atoms with E-state index in [9.17, 15) is 0 Å². The van der Waals surface area contributed by atoms with Crippen LogP contribution in [0, 0.1) is 0 Å². The van der Waals surface area contributed by atoms with Crippen molar-refractivity contribution in [2.24, 2.45) is 0 Å². The Labute approximate surface area is 49.5 Å².